The van der Waals surface area contributed by atoms with Crippen LogP contribution in [0.4, 0.5) is 28.4 Å². The predicted molar refractivity (Wildman–Crippen MR) is 193 cm³/mol. The van der Waals surface area contributed by atoms with Crippen LogP contribution in [-0.4, -0.2) is 44.8 Å². The van der Waals surface area contributed by atoms with Crippen molar-refractivity contribution in [2.75, 3.05) is 37.8 Å². The number of nitrogens with zero attached hydrogens (tertiary/aromatic N) is 5. The second-order valence-corrected chi connectivity index (χ2v) is 10.8. The molecule has 10 nitrogen and oxygen atoms in total. The lowest BCUT2D eigenvalue weighted by Gasteiger charge is -2.22. The Morgan fingerprint density at radius 3 is 1.58 bits per heavy atom. The molecule has 0 aliphatic carbocycles. The minimum atomic E-state index is -0.420. The van der Waals surface area contributed by atoms with E-state index < -0.39 is 5.97 Å². The molecule has 3 rings (SSSR count). The first-order chi connectivity index (χ1) is 23.0. The van der Waals surface area contributed by atoms with Gasteiger partial charge in [-0.25, -0.2) is 4.79 Å². The van der Waals surface area contributed by atoms with E-state index in [1.165, 1.54) is 19.3 Å². The molecular formula is C38H51N5O5. The zero-order chi connectivity index (χ0) is 33.5. The number of azo groups is 2. The van der Waals surface area contributed by atoms with Crippen LogP contribution < -0.4 is 9.64 Å². The van der Waals surface area contributed by atoms with Crippen LogP contribution in [-0.2, 0) is 19.1 Å². The van der Waals surface area contributed by atoms with Gasteiger partial charge in [0.05, 0.1) is 42.5 Å². The summed E-state index contributed by atoms with van der Waals surface area (Å²) in [4.78, 5) is 24.5. The van der Waals surface area contributed by atoms with Crippen molar-refractivity contribution in [1.29, 1.82) is 0 Å². The Hall–Kier alpha value is -4.86. The van der Waals surface area contributed by atoms with Crippen LogP contribution in [0.2, 0.25) is 0 Å². The maximum absolute atomic E-state index is 11.3. The molecule has 0 spiro atoms. The lowest BCUT2D eigenvalue weighted by atomic mass is 10.1. The molecule has 258 valence electrons. The van der Waals surface area contributed by atoms with Gasteiger partial charge in [0.2, 0.25) is 0 Å². The third kappa shape index (κ3) is 15.6. The van der Waals surface area contributed by atoms with Crippen molar-refractivity contribution >= 4 is 40.4 Å². The maximum Gasteiger partial charge on any atom is 0.330 e. The van der Waals surface area contributed by atoms with Gasteiger partial charge in [0.25, 0.3) is 0 Å². The molecule has 0 saturated carbocycles. The first kappa shape index (κ1) is 39.3. The highest BCUT2D eigenvalue weighted by Crippen LogP contribution is 2.26. The summed E-state index contributed by atoms with van der Waals surface area (Å²) in [6.45, 7) is 10.2. The third-order valence-corrected chi connectivity index (χ3v) is 7.23. The molecule has 0 aliphatic heterocycles. The van der Waals surface area contributed by atoms with Gasteiger partial charge in [-0.3, -0.25) is 4.79 Å². The lowest BCUT2D eigenvalue weighted by Crippen LogP contribution is -2.27. The Balaban J connectivity index is 0.00000800. The van der Waals surface area contributed by atoms with E-state index in [9.17, 15) is 9.59 Å². The van der Waals surface area contributed by atoms with E-state index in [1.807, 2.05) is 86.6 Å². The number of unbranched alkanes of at least 4 members (excludes halogenated alkanes) is 6. The molecule has 0 radical (unpaired) electrons. The van der Waals surface area contributed by atoms with Crippen molar-refractivity contribution in [2.45, 2.75) is 72.6 Å². The van der Waals surface area contributed by atoms with Gasteiger partial charge in [-0.1, -0.05) is 53.0 Å². The van der Waals surface area contributed by atoms with E-state index in [1.54, 1.807) is 0 Å². The van der Waals surface area contributed by atoms with Gasteiger partial charge in [-0.2, -0.15) is 20.5 Å². The van der Waals surface area contributed by atoms with Gasteiger partial charge in [0.1, 0.15) is 12.4 Å². The Bertz CT molecular complexity index is 1410. The Morgan fingerprint density at radius 1 is 0.646 bits per heavy atom. The molecule has 3 aromatic carbocycles. The Morgan fingerprint density at radius 2 is 1.10 bits per heavy atom. The zero-order valence-corrected chi connectivity index (χ0v) is 27.7. The summed E-state index contributed by atoms with van der Waals surface area (Å²) in [6, 6.07) is 22.7. The summed E-state index contributed by atoms with van der Waals surface area (Å²) in [6.07, 6.45) is 9.38. The average molecular weight is 658 g/mol. The topological polar surface area (TPSA) is 115 Å². The summed E-state index contributed by atoms with van der Waals surface area (Å²) >= 11 is 0. The quantitative estimate of drug-likeness (QED) is 0.0459. The molecule has 0 unspecified atom stereocenters. The summed E-state index contributed by atoms with van der Waals surface area (Å²) in [5.41, 5.74) is 3.91. The number of hydrogen-bond donors (Lipinski definition) is 0. The molecule has 3 aromatic rings. The maximum atomic E-state index is 11.3. The van der Waals surface area contributed by atoms with Crippen LogP contribution in [0.15, 0.2) is 106 Å². The van der Waals surface area contributed by atoms with Crippen molar-refractivity contribution in [3.05, 3.63) is 85.5 Å². The van der Waals surface area contributed by atoms with Crippen LogP contribution in [0, 0.1) is 0 Å². The highest BCUT2D eigenvalue weighted by atomic mass is 16.5. The van der Waals surface area contributed by atoms with Gasteiger partial charge >= 0.3 is 11.9 Å². The number of anilines is 1. The van der Waals surface area contributed by atoms with E-state index >= 15 is 0 Å². The summed E-state index contributed by atoms with van der Waals surface area (Å²) < 4.78 is 16.1. The molecule has 0 bridgehead atoms. The summed E-state index contributed by atoms with van der Waals surface area (Å²) in [5.74, 6) is 0.288. The van der Waals surface area contributed by atoms with Crippen LogP contribution >= 0.6 is 0 Å². The number of carbonyl (C=O) groups excluding carboxylic acids is 2. The van der Waals surface area contributed by atoms with E-state index in [-0.39, 0.29) is 13.4 Å². The Kier molecular flexibility index (Phi) is 19.2. The summed E-state index contributed by atoms with van der Waals surface area (Å²) in [7, 11) is 0. The smallest absolute Gasteiger partial charge is 0.330 e. The molecule has 0 amide bonds. The van der Waals surface area contributed by atoms with Crippen molar-refractivity contribution < 1.29 is 23.8 Å². The van der Waals surface area contributed by atoms with Crippen LogP contribution in [0.3, 0.4) is 0 Å². The van der Waals surface area contributed by atoms with Crippen LogP contribution in [0.5, 0.6) is 5.75 Å². The highest BCUT2D eigenvalue weighted by Gasteiger charge is 2.06. The second kappa shape index (κ2) is 23.5. The molecule has 0 aliphatic rings. The number of carbonyl (C=O) groups is 2. The number of benzene rings is 3. The van der Waals surface area contributed by atoms with Gasteiger partial charge in [0, 0.05) is 24.7 Å². The van der Waals surface area contributed by atoms with E-state index in [0.717, 1.165) is 61.1 Å². The number of ether oxygens (including phenoxy) is 3. The molecule has 0 fully saturated rings. The predicted octanol–water partition coefficient (Wildman–Crippen LogP) is 10.8. The Labute approximate surface area is 285 Å². The van der Waals surface area contributed by atoms with Crippen molar-refractivity contribution in [3.8, 4) is 5.75 Å². The average Bonchev–Trinajstić information content (AvgIpc) is 3.11. The van der Waals surface area contributed by atoms with Crippen molar-refractivity contribution in [3.63, 3.8) is 0 Å². The van der Waals surface area contributed by atoms with Gasteiger partial charge in [-0.05, 0) is 92.6 Å². The van der Waals surface area contributed by atoms with Gasteiger partial charge < -0.3 is 19.1 Å². The summed E-state index contributed by atoms with van der Waals surface area (Å²) in [5, 5.41) is 17.3. The fraction of sp³-hybridized carbons (Fsp3) is 0.421. The highest BCUT2D eigenvalue weighted by molar-refractivity contribution is 5.81. The minimum Gasteiger partial charge on any atom is -0.494 e. The largest absolute Gasteiger partial charge is 0.494 e. The number of rotatable bonds is 22. The van der Waals surface area contributed by atoms with Gasteiger partial charge in [-0.15, -0.1) is 0 Å². The first-order valence-electron chi connectivity index (χ1n) is 16.5. The molecule has 0 N–H and O–H groups in total. The zero-order valence-electron chi connectivity index (χ0n) is 27.7. The van der Waals surface area contributed by atoms with E-state index in [2.05, 4.69) is 31.9 Å². The number of likely N-dealkylation sites (N-methyl/N-ethyl adjacent to an activating group) is 1. The fourth-order valence-electron chi connectivity index (χ4n) is 4.51. The second-order valence-electron chi connectivity index (χ2n) is 10.8. The van der Waals surface area contributed by atoms with E-state index in [0.29, 0.717) is 44.2 Å². The SMILES string of the molecule is C.C=CC(=O)OCCN(CC)c1ccc(N=Nc2ccc(N=Nc3ccc(OCCCCCCCCCOC(=O)CC)cc3)cc2)cc1. The molecule has 0 saturated heterocycles. The van der Waals surface area contributed by atoms with Crippen molar-refractivity contribution in [2.24, 2.45) is 20.5 Å². The monoisotopic (exact) mass is 657 g/mol. The third-order valence-electron chi connectivity index (χ3n) is 7.23. The standard InChI is InChI=1S/C37H47N5O5.CH4/c1-4-36(43)46-28-13-11-9-7-8-10-12-27-45-35-24-20-33(21-25-35)41-39-31-16-14-30(15-17-31)38-40-32-18-22-34(23-19-32)42(6-3)26-29-47-37(44)5-2;/h5,14-25H,2,4,6-13,26-29H2,1,3H3;1H4. The van der Waals surface area contributed by atoms with Crippen molar-refractivity contribution in [1.82, 2.24) is 0 Å². The molecule has 0 heterocycles. The van der Waals surface area contributed by atoms with Crippen LogP contribution in [0.25, 0.3) is 0 Å². The van der Waals surface area contributed by atoms with Crippen LogP contribution in [0.1, 0.15) is 72.6 Å². The number of hydrogen-bond acceptors (Lipinski definition) is 10. The normalized spacial score (nSPS) is 10.9. The number of esters is 2. The fourth-order valence-corrected chi connectivity index (χ4v) is 4.51. The van der Waals surface area contributed by atoms with E-state index in [4.69, 9.17) is 14.2 Å². The molecule has 0 aromatic heterocycles. The lowest BCUT2D eigenvalue weighted by molar-refractivity contribution is -0.143. The molecule has 10 heteroatoms. The minimum absolute atomic E-state index is 0. The molecular weight excluding hydrogens is 606 g/mol. The molecule has 0 atom stereocenters. The first-order valence-corrected chi connectivity index (χ1v) is 16.5. The van der Waals surface area contributed by atoms with Gasteiger partial charge in [0.15, 0.2) is 0 Å². The molecule has 48 heavy (non-hydrogen) atoms.